The molecule has 3 rings (SSSR count). The second-order valence-corrected chi connectivity index (χ2v) is 8.41. The molecule has 0 unspecified atom stereocenters. The number of amides is 1. The van der Waals surface area contributed by atoms with Crippen LogP contribution in [0.5, 0.6) is 0 Å². The number of benzene rings is 1. The Balaban J connectivity index is 1.58. The minimum atomic E-state index is -3.27. The third kappa shape index (κ3) is 3.23. The van der Waals surface area contributed by atoms with Gasteiger partial charge in [0.15, 0.2) is 9.84 Å². The van der Waals surface area contributed by atoms with Crippen molar-refractivity contribution < 1.29 is 13.2 Å². The summed E-state index contributed by atoms with van der Waals surface area (Å²) < 4.78 is 24.1. The lowest BCUT2D eigenvalue weighted by atomic mass is 10.1. The highest BCUT2D eigenvalue weighted by Crippen LogP contribution is 2.32. The van der Waals surface area contributed by atoms with E-state index in [0.29, 0.717) is 16.9 Å². The molecular formula is C16H17NO3S2. The van der Waals surface area contributed by atoms with Gasteiger partial charge in [-0.1, -0.05) is 24.3 Å². The molecule has 0 spiro atoms. The molecule has 4 nitrogen and oxygen atoms in total. The number of fused-ring (bicyclic) bond motifs is 1. The fraction of sp³-hybridized carbons (Fsp3) is 0.312. The van der Waals surface area contributed by atoms with E-state index in [1.54, 1.807) is 35.6 Å². The lowest BCUT2D eigenvalue weighted by Crippen LogP contribution is -2.29. The molecular weight excluding hydrogens is 318 g/mol. The smallest absolute Gasteiger partial charge is 0.220 e. The van der Waals surface area contributed by atoms with E-state index >= 15 is 0 Å². The van der Waals surface area contributed by atoms with Crippen molar-refractivity contribution in [2.24, 2.45) is 0 Å². The summed E-state index contributed by atoms with van der Waals surface area (Å²) >= 11 is 1.69. The summed E-state index contributed by atoms with van der Waals surface area (Å²) in [5.41, 5.74) is 0.703. The Kier molecular flexibility index (Phi) is 4.31. The van der Waals surface area contributed by atoms with Crippen LogP contribution in [-0.2, 0) is 21.1 Å². The van der Waals surface area contributed by atoms with Gasteiger partial charge in [-0.2, -0.15) is 0 Å². The average molecular weight is 335 g/mol. The lowest BCUT2D eigenvalue weighted by Gasteiger charge is -2.12. The van der Waals surface area contributed by atoms with Crippen molar-refractivity contribution in [1.29, 1.82) is 0 Å². The molecule has 2 aromatic rings. The highest BCUT2D eigenvalue weighted by molar-refractivity contribution is 7.91. The zero-order valence-corrected chi connectivity index (χ0v) is 13.6. The molecule has 116 valence electrons. The summed E-state index contributed by atoms with van der Waals surface area (Å²) in [6.45, 7) is 0. The second-order valence-electron chi connectivity index (χ2n) is 5.37. The maximum Gasteiger partial charge on any atom is 0.220 e. The van der Waals surface area contributed by atoms with E-state index in [1.807, 2.05) is 11.4 Å². The summed E-state index contributed by atoms with van der Waals surface area (Å²) in [5.74, 6) is -0.128. The first-order chi connectivity index (χ1) is 10.6. The molecule has 1 aromatic heterocycles. The molecule has 1 N–H and O–H groups in total. The molecule has 1 aliphatic rings. The van der Waals surface area contributed by atoms with E-state index < -0.39 is 15.9 Å². The fourth-order valence-electron chi connectivity index (χ4n) is 2.71. The summed E-state index contributed by atoms with van der Waals surface area (Å²) in [6.07, 6.45) is 2.06. The van der Waals surface area contributed by atoms with Gasteiger partial charge in [-0.25, -0.2) is 8.42 Å². The number of hydrogen-bond acceptors (Lipinski definition) is 4. The van der Waals surface area contributed by atoms with E-state index in [9.17, 15) is 13.2 Å². The van der Waals surface area contributed by atoms with Gasteiger partial charge in [-0.05, 0) is 35.9 Å². The van der Waals surface area contributed by atoms with E-state index in [0.717, 1.165) is 12.8 Å². The Morgan fingerprint density at radius 2 is 2.05 bits per heavy atom. The molecule has 6 heteroatoms. The minimum absolute atomic E-state index is 0.0387. The molecule has 0 radical (unpaired) electrons. The molecule has 1 amide bonds. The Hall–Kier alpha value is -1.66. The second kappa shape index (κ2) is 6.22. The number of thiophene rings is 1. The van der Waals surface area contributed by atoms with Gasteiger partial charge < -0.3 is 5.32 Å². The SMILES string of the molecule is O=C(CCCc1cccs1)N[C@H]1CS(=O)(=O)c2ccccc21. The van der Waals surface area contributed by atoms with Crippen LogP contribution in [0.15, 0.2) is 46.7 Å². The van der Waals surface area contributed by atoms with Crippen LogP contribution in [0.25, 0.3) is 0 Å². The first-order valence-corrected chi connectivity index (χ1v) is 9.73. The minimum Gasteiger partial charge on any atom is -0.348 e. The molecule has 1 atom stereocenters. The number of nitrogens with one attached hydrogen (secondary N) is 1. The van der Waals surface area contributed by atoms with Crippen molar-refractivity contribution in [1.82, 2.24) is 5.32 Å². The fourth-order valence-corrected chi connectivity index (χ4v) is 5.20. The van der Waals surface area contributed by atoms with Gasteiger partial charge >= 0.3 is 0 Å². The van der Waals surface area contributed by atoms with Gasteiger partial charge in [-0.15, -0.1) is 11.3 Å². The van der Waals surface area contributed by atoms with Gasteiger partial charge in [0.2, 0.25) is 5.91 Å². The van der Waals surface area contributed by atoms with Crippen LogP contribution in [0.3, 0.4) is 0 Å². The van der Waals surface area contributed by atoms with E-state index in [1.165, 1.54) is 4.88 Å². The van der Waals surface area contributed by atoms with Crippen molar-refractivity contribution in [2.45, 2.75) is 30.2 Å². The summed E-state index contributed by atoms with van der Waals surface area (Å²) in [5, 5.41) is 4.88. The van der Waals surface area contributed by atoms with Crippen LogP contribution in [0.2, 0.25) is 0 Å². The number of carbonyl (C=O) groups is 1. The van der Waals surface area contributed by atoms with Crippen LogP contribution >= 0.6 is 11.3 Å². The number of rotatable bonds is 5. The molecule has 0 saturated heterocycles. The summed E-state index contributed by atoms with van der Waals surface area (Å²) in [7, 11) is -3.27. The van der Waals surface area contributed by atoms with Gasteiger partial charge in [0.1, 0.15) is 0 Å². The van der Waals surface area contributed by atoms with E-state index in [2.05, 4.69) is 11.4 Å². The van der Waals surface area contributed by atoms with Crippen LogP contribution in [0.1, 0.15) is 29.3 Å². The van der Waals surface area contributed by atoms with Crippen molar-refractivity contribution in [3.05, 3.63) is 52.2 Å². The molecule has 2 heterocycles. The molecule has 0 aliphatic carbocycles. The third-order valence-corrected chi connectivity index (χ3v) is 6.51. The van der Waals surface area contributed by atoms with Crippen molar-refractivity contribution in [3.63, 3.8) is 0 Å². The Morgan fingerprint density at radius 3 is 2.82 bits per heavy atom. The molecule has 1 aromatic carbocycles. The Morgan fingerprint density at radius 1 is 1.23 bits per heavy atom. The van der Waals surface area contributed by atoms with Crippen LogP contribution < -0.4 is 5.32 Å². The standard InChI is InChI=1S/C16H17NO3S2/c18-16(9-3-5-12-6-4-10-21-12)17-14-11-22(19,20)15-8-2-1-7-13(14)15/h1-2,4,6-8,10,14H,3,5,9,11H2,(H,17,18)/t14-/m0/s1. The van der Waals surface area contributed by atoms with Gasteiger partial charge in [-0.3, -0.25) is 4.79 Å². The molecule has 1 aliphatic heterocycles. The van der Waals surface area contributed by atoms with Crippen LogP contribution in [0.4, 0.5) is 0 Å². The first kappa shape index (κ1) is 15.2. The summed E-state index contributed by atoms with van der Waals surface area (Å²) in [4.78, 5) is 13.7. The quantitative estimate of drug-likeness (QED) is 0.914. The Bertz CT molecular complexity index is 766. The lowest BCUT2D eigenvalue weighted by molar-refractivity contribution is -0.121. The van der Waals surface area contributed by atoms with Crippen molar-refractivity contribution in [2.75, 3.05) is 5.75 Å². The van der Waals surface area contributed by atoms with Crippen molar-refractivity contribution in [3.8, 4) is 0 Å². The number of hydrogen-bond donors (Lipinski definition) is 1. The average Bonchev–Trinajstić information content (AvgIpc) is 3.07. The van der Waals surface area contributed by atoms with Gasteiger partial charge in [0, 0.05) is 11.3 Å². The monoisotopic (exact) mass is 335 g/mol. The summed E-state index contributed by atoms with van der Waals surface area (Å²) in [6, 6.07) is 10.5. The maximum absolute atomic E-state index is 12.1. The molecule has 0 fully saturated rings. The zero-order chi connectivity index (χ0) is 15.6. The number of aryl methyl sites for hydroxylation is 1. The zero-order valence-electron chi connectivity index (χ0n) is 12.0. The van der Waals surface area contributed by atoms with Crippen LogP contribution in [0, 0.1) is 0 Å². The van der Waals surface area contributed by atoms with Crippen LogP contribution in [-0.4, -0.2) is 20.1 Å². The normalized spacial score (nSPS) is 18.8. The molecule has 22 heavy (non-hydrogen) atoms. The predicted molar refractivity (Wildman–Crippen MR) is 86.6 cm³/mol. The third-order valence-electron chi connectivity index (χ3n) is 3.76. The molecule has 0 saturated carbocycles. The van der Waals surface area contributed by atoms with Gasteiger partial charge in [0.25, 0.3) is 0 Å². The Labute approximate surface area is 134 Å². The maximum atomic E-state index is 12.1. The molecule has 0 bridgehead atoms. The van der Waals surface area contributed by atoms with E-state index in [-0.39, 0.29) is 11.7 Å². The van der Waals surface area contributed by atoms with Gasteiger partial charge in [0.05, 0.1) is 16.7 Å². The number of carbonyl (C=O) groups excluding carboxylic acids is 1. The van der Waals surface area contributed by atoms with E-state index in [4.69, 9.17) is 0 Å². The topological polar surface area (TPSA) is 63.2 Å². The first-order valence-electron chi connectivity index (χ1n) is 7.20. The van der Waals surface area contributed by atoms with Crippen molar-refractivity contribution >= 4 is 27.1 Å². The number of sulfone groups is 1. The predicted octanol–water partition coefficient (Wildman–Crippen LogP) is 2.72. The highest BCUT2D eigenvalue weighted by Gasteiger charge is 2.34. The highest BCUT2D eigenvalue weighted by atomic mass is 32.2. The largest absolute Gasteiger partial charge is 0.348 e.